The molecule has 0 bridgehead atoms. The Hall–Kier alpha value is -1.60. The molecule has 0 radical (unpaired) electrons. The van der Waals surface area contributed by atoms with Crippen molar-refractivity contribution >= 4 is 17.4 Å². The number of halogens is 1. The van der Waals surface area contributed by atoms with Gasteiger partial charge in [-0.05, 0) is 48.2 Å². The average Bonchev–Trinajstić information content (AvgIpc) is 2.38. The van der Waals surface area contributed by atoms with Gasteiger partial charge < -0.3 is 0 Å². The highest BCUT2D eigenvalue weighted by Crippen LogP contribution is 2.17. The van der Waals surface area contributed by atoms with Crippen molar-refractivity contribution in [2.75, 3.05) is 0 Å². The van der Waals surface area contributed by atoms with Crippen molar-refractivity contribution in [3.8, 4) is 0 Å². The molecule has 19 heavy (non-hydrogen) atoms. The molecule has 0 aliphatic rings. The summed E-state index contributed by atoms with van der Waals surface area (Å²) in [5.74, 6) is 0.106. The molecule has 0 saturated heterocycles. The number of ketones is 1. The highest BCUT2D eigenvalue weighted by molar-refractivity contribution is 6.31. The minimum atomic E-state index is 0.106. The van der Waals surface area contributed by atoms with Gasteiger partial charge in [0.15, 0.2) is 5.78 Å². The summed E-state index contributed by atoms with van der Waals surface area (Å²) in [6, 6.07) is 13.7. The first kappa shape index (κ1) is 13.8. The van der Waals surface area contributed by atoms with Gasteiger partial charge in [0.2, 0.25) is 0 Å². The molecule has 1 nitrogen and oxygen atoms in total. The first-order valence-corrected chi connectivity index (χ1v) is 6.84. The van der Waals surface area contributed by atoms with Crippen molar-refractivity contribution in [2.24, 2.45) is 0 Å². The lowest BCUT2D eigenvalue weighted by atomic mass is 10.0. The first-order chi connectivity index (χ1) is 9.08. The Morgan fingerprint density at radius 2 is 1.68 bits per heavy atom. The van der Waals surface area contributed by atoms with Crippen LogP contribution in [-0.4, -0.2) is 5.78 Å². The van der Waals surface area contributed by atoms with E-state index in [0.29, 0.717) is 17.0 Å². The van der Waals surface area contributed by atoms with Gasteiger partial charge in [0.05, 0.1) is 0 Å². The SMILES string of the molecule is CCc1ccc(CC(=O)c2cc(C)cc(Cl)c2)cc1. The quantitative estimate of drug-likeness (QED) is 0.741. The van der Waals surface area contributed by atoms with Crippen LogP contribution in [0, 0.1) is 6.92 Å². The summed E-state index contributed by atoms with van der Waals surface area (Å²) in [5.41, 5.74) is 4.02. The number of hydrogen-bond acceptors (Lipinski definition) is 1. The summed E-state index contributed by atoms with van der Waals surface area (Å²) in [6.45, 7) is 4.06. The van der Waals surface area contributed by atoms with Gasteiger partial charge in [0.25, 0.3) is 0 Å². The molecule has 0 spiro atoms. The second-order valence-corrected chi connectivity index (χ2v) is 5.22. The van der Waals surface area contributed by atoms with E-state index in [1.165, 1.54) is 5.56 Å². The van der Waals surface area contributed by atoms with E-state index in [2.05, 4.69) is 19.1 Å². The van der Waals surface area contributed by atoms with Gasteiger partial charge >= 0.3 is 0 Å². The number of carbonyl (C=O) groups is 1. The zero-order valence-corrected chi connectivity index (χ0v) is 12.0. The second kappa shape index (κ2) is 6.03. The molecule has 2 aromatic rings. The molecular formula is C17H17ClO. The summed E-state index contributed by atoms with van der Waals surface area (Å²) < 4.78 is 0. The molecule has 2 rings (SSSR count). The molecule has 0 N–H and O–H groups in total. The van der Waals surface area contributed by atoms with E-state index in [1.54, 1.807) is 6.07 Å². The van der Waals surface area contributed by atoms with Crippen LogP contribution in [0.3, 0.4) is 0 Å². The summed E-state index contributed by atoms with van der Waals surface area (Å²) in [4.78, 5) is 12.2. The van der Waals surface area contributed by atoms with Crippen LogP contribution in [0.4, 0.5) is 0 Å². The zero-order valence-electron chi connectivity index (χ0n) is 11.2. The normalized spacial score (nSPS) is 10.5. The fraction of sp³-hybridized carbons (Fsp3) is 0.235. The van der Waals surface area contributed by atoms with Crippen LogP contribution >= 0.6 is 11.6 Å². The third-order valence-electron chi connectivity index (χ3n) is 3.16. The van der Waals surface area contributed by atoms with Crippen molar-refractivity contribution in [1.29, 1.82) is 0 Å². The van der Waals surface area contributed by atoms with E-state index in [1.807, 2.05) is 31.2 Å². The number of Topliss-reactive ketones (excluding diaryl/α,β-unsaturated/α-hetero) is 1. The molecular weight excluding hydrogens is 256 g/mol. The van der Waals surface area contributed by atoms with Crippen LogP contribution < -0.4 is 0 Å². The standard InChI is InChI=1S/C17H17ClO/c1-3-13-4-6-14(7-5-13)10-17(19)15-8-12(2)9-16(18)11-15/h4-9,11H,3,10H2,1-2H3. The Morgan fingerprint density at radius 1 is 1.05 bits per heavy atom. The lowest BCUT2D eigenvalue weighted by molar-refractivity contribution is 0.0993. The highest BCUT2D eigenvalue weighted by Gasteiger charge is 2.08. The predicted molar refractivity (Wildman–Crippen MR) is 80.0 cm³/mol. The maximum Gasteiger partial charge on any atom is 0.167 e. The first-order valence-electron chi connectivity index (χ1n) is 6.46. The van der Waals surface area contributed by atoms with Crippen molar-refractivity contribution in [3.63, 3.8) is 0 Å². The van der Waals surface area contributed by atoms with E-state index in [4.69, 9.17) is 11.6 Å². The molecule has 0 aliphatic heterocycles. The summed E-state index contributed by atoms with van der Waals surface area (Å²) in [6.07, 6.45) is 1.44. The Balaban J connectivity index is 2.15. The molecule has 0 heterocycles. The van der Waals surface area contributed by atoms with Crippen molar-refractivity contribution in [3.05, 3.63) is 69.7 Å². The minimum absolute atomic E-state index is 0.106. The smallest absolute Gasteiger partial charge is 0.167 e. The molecule has 0 atom stereocenters. The molecule has 98 valence electrons. The van der Waals surface area contributed by atoms with Gasteiger partial charge in [-0.3, -0.25) is 4.79 Å². The van der Waals surface area contributed by atoms with Crippen LogP contribution in [-0.2, 0) is 12.8 Å². The fourth-order valence-electron chi connectivity index (χ4n) is 2.08. The van der Waals surface area contributed by atoms with Crippen molar-refractivity contribution in [2.45, 2.75) is 26.7 Å². The Bertz CT molecular complexity index is 564. The number of rotatable bonds is 4. The molecule has 0 saturated carbocycles. The van der Waals surface area contributed by atoms with E-state index in [9.17, 15) is 4.79 Å². The third kappa shape index (κ3) is 3.68. The van der Waals surface area contributed by atoms with E-state index >= 15 is 0 Å². The Morgan fingerprint density at radius 3 is 2.26 bits per heavy atom. The Kier molecular flexibility index (Phi) is 4.39. The topological polar surface area (TPSA) is 17.1 Å². The number of carbonyl (C=O) groups excluding carboxylic acids is 1. The van der Waals surface area contributed by atoms with E-state index in [-0.39, 0.29) is 5.78 Å². The minimum Gasteiger partial charge on any atom is -0.294 e. The third-order valence-corrected chi connectivity index (χ3v) is 3.38. The molecule has 0 aliphatic carbocycles. The molecule has 0 aromatic heterocycles. The fourth-order valence-corrected chi connectivity index (χ4v) is 2.37. The van der Waals surface area contributed by atoms with Crippen LogP contribution in [0.2, 0.25) is 5.02 Å². The average molecular weight is 273 g/mol. The van der Waals surface area contributed by atoms with Gasteiger partial charge in [-0.25, -0.2) is 0 Å². The van der Waals surface area contributed by atoms with Gasteiger partial charge in [0, 0.05) is 17.0 Å². The van der Waals surface area contributed by atoms with Gasteiger partial charge in [0.1, 0.15) is 0 Å². The van der Waals surface area contributed by atoms with E-state index in [0.717, 1.165) is 17.5 Å². The number of aryl methyl sites for hydroxylation is 2. The van der Waals surface area contributed by atoms with Crippen LogP contribution in [0.1, 0.15) is 34.0 Å². The van der Waals surface area contributed by atoms with Crippen molar-refractivity contribution in [1.82, 2.24) is 0 Å². The summed E-state index contributed by atoms with van der Waals surface area (Å²) in [5, 5.41) is 0.615. The Labute approximate surface area is 119 Å². The van der Waals surface area contributed by atoms with Gasteiger partial charge in [-0.1, -0.05) is 42.8 Å². The number of hydrogen-bond donors (Lipinski definition) is 0. The molecule has 0 amide bonds. The molecule has 2 heteroatoms. The summed E-state index contributed by atoms with van der Waals surface area (Å²) in [7, 11) is 0. The van der Waals surface area contributed by atoms with Gasteiger partial charge in [-0.15, -0.1) is 0 Å². The van der Waals surface area contributed by atoms with Crippen LogP contribution in [0.15, 0.2) is 42.5 Å². The number of benzene rings is 2. The summed E-state index contributed by atoms with van der Waals surface area (Å²) >= 11 is 5.98. The lowest BCUT2D eigenvalue weighted by Gasteiger charge is -2.05. The molecule has 2 aromatic carbocycles. The maximum absolute atomic E-state index is 12.2. The molecule has 0 unspecified atom stereocenters. The van der Waals surface area contributed by atoms with E-state index < -0.39 is 0 Å². The van der Waals surface area contributed by atoms with Crippen LogP contribution in [0.25, 0.3) is 0 Å². The molecule has 0 fully saturated rings. The zero-order chi connectivity index (χ0) is 13.8. The highest BCUT2D eigenvalue weighted by atomic mass is 35.5. The van der Waals surface area contributed by atoms with Crippen molar-refractivity contribution < 1.29 is 4.79 Å². The van der Waals surface area contributed by atoms with Crippen LogP contribution in [0.5, 0.6) is 0 Å². The second-order valence-electron chi connectivity index (χ2n) is 4.79. The lowest BCUT2D eigenvalue weighted by Crippen LogP contribution is -2.04. The maximum atomic E-state index is 12.2. The predicted octanol–water partition coefficient (Wildman–Crippen LogP) is 4.64. The van der Waals surface area contributed by atoms with Gasteiger partial charge in [-0.2, -0.15) is 0 Å². The largest absolute Gasteiger partial charge is 0.294 e. The monoisotopic (exact) mass is 272 g/mol.